The van der Waals surface area contributed by atoms with Gasteiger partial charge in [-0.3, -0.25) is 9.59 Å². The van der Waals surface area contributed by atoms with Crippen molar-refractivity contribution in [3.63, 3.8) is 0 Å². The Balaban J connectivity index is 2.41. The van der Waals surface area contributed by atoms with Crippen molar-refractivity contribution in [1.29, 1.82) is 0 Å². The lowest BCUT2D eigenvalue weighted by Gasteiger charge is -2.07. The van der Waals surface area contributed by atoms with Gasteiger partial charge in [-0.2, -0.15) is 11.8 Å². The van der Waals surface area contributed by atoms with Gasteiger partial charge in [-0.05, 0) is 12.1 Å². The van der Waals surface area contributed by atoms with Crippen LogP contribution in [0.2, 0.25) is 0 Å². The number of thioether (sulfide) groups is 1. The normalized spacial score (nSPS) is 11.9. The second-order valence-electron chi connectivity index (χ2n) is 3.96. The maximum absolute atomic E-state index is 12.9. The number of benzene rings is 1. The highest BCUT2D eigenvalue weighted by Gasteiger charge is 2.12. The van der Waals surface area contributed by atoms with Crippen LogP contribution < -0.4 is 5.32 Å². The molecule has 4 nitrogen and oxygen atoms in total. The smallest absolute Gasteiger partial charge is 0.307 e. The molecule has 104 valence electrons. The molecular weight excluding hydrogens is 276 g/mol. The number of anilines is 1. The SMILES string of the molecule is CC(CSCC(=O)Nc1cc(F)cc(F)c1)C(=O)O. The van der Waals surface area contributed by atoms with Crippen molar-refractivity contribution in [2.75, 3.05) is 16.8 Å². The molecule has 1 amide bonds. The van der Waals surface area contributed by atoms with Gasteiger partial charge in [-0.15, -0.1) is 0 Å². The van der Waals surface area contributed by atoms with Gasteiger partial charge >= 0.3 is 5.97 Å². The summed E-state index contributed by atoms with van der Waals surface area (Å²) in [6.45, 7) is 1.54. The van der Waals surface area contributed by atoms with Crippen LogP contribution in [0.4, 0.5) is 14.5 Å². The molecule has 1 aromatic carbocycles. The predicted molar refractivity (Wildman–Crippen MR) is 69.1 cm³/mol. The van der Waals surface area contributed by atoms with E-state index in [-0.39, 0.29) is 11.4 Å². The summed E-state index contributed by atoms with van der Waals surface area (Å²) in [7, 11) is 0. The number of carbonyl (C=O) groups excluding carboxylic acids is 1. The molecule has 1 atom stereocenters. The first kappa shape index (κ1) is 15.4. The Labute approximate surface area is 113 Å². The van der Waals surface area contributed by atoms with E-state index in [9.17, 15) is 18.4 Å². The van der Waals surface area contributed by atoms with Gasteiger partial charge in [0, 0.05) is 17.5 Å². The van der Waals surface area contributed by atoms with Crippen molar-refractivity contribution in [1.82, 2.24) is 0 Å². The summed E-state index contributed by atoms with van der Waals surface area (Å²) in [5, 5.41) is 11.0. The maximum atomic E-state index is 12.9. The zero-order chi connectivity index (χ0) is 14.4. The molecule has 0 heterocycles. The number of halogens is 2. The average molecular weight is 289 g/mol. The summed E-state index contributed by atoms with van der Waals surface area (Å²) in [6.07, 6.45) is 0. The molecule has 0 aliphatic rings. The minimum absolute atomic E-state index is 0.0236. The van der Waals surface area contributed by atoms with E-state index in [0.717, 1.165) is 23.9 Å². The second-order valence-corrected chi connectivity index (χ2v) is 4.99. The number of rotatable bonds is 6. The van der Waals surface area contributed by atoms with E-state index < -0.39 is 29.4 Å². The molecule has 0 aliphatic heterocycles. The van der Waals surface area contributed by atoms with Gasteiger partial charge in [-0.25, -0.2) is 8.78 Å². The lowest BCUT2D eigenvalue weighted by Crippen LogP contribution is -2.17. The highest BCUT2D eigenvalue weighted by molar-refractivity contribution is 8.00. The molecule has 2 N–H and O–H groups in total. The van der Waals surface area contributed by atoms with Gasteiger partial charge in [0.25, 0.3) is 0 Å². The Morgan fingerprint density at radius 2 is 1.89 bits per heavy atom. The first-order chi connectivity index (χ1) is 8.88. The molecular formula is C12H13F2NO3S. The number of hydrogen-bond donors (Lipinski definition) is 2. The largest absolute Gasteiger partial charge is 0.481 e. The second kappa shape index (κ2) is 7.08. The molecule has 0 saturated carbocycles. The molecule has 0 aromatic heterocycles. The maximum Gasteiger partial charge on any atom is 0.307 e. The zero-order valence-electron chi connectivity index (χ0n) is 10.2. The number of aliphatic carboxylic acids is 1. The van der Waals surface area contributed by atoms with Crippen molar-refractivity contribution in [3.8, 4) is 0 Å². The molecule has 1 aromatic rings. The van der Waals surface area contributed by atoms with E-state index in [2.05, 4.69) is 5.32 Å². The first-order valence-electron chi connectivity index (χ1n) is 5.45. The summed E-state index contributed by atoms with van der Waals surface area (Å²) in [5.74, 6) is -3.15. The number of carbonyl (C=O) groups is 2. The van der Waals surface area contributed by atoms with E-state index in [4.69, 9.17) is 5.11 Å². The quantitative estimate of drug-likeness (QED) is 0.843. The molecule has 0 spiro atoms. The van der Waals surface area contributed by atoms with Crippen molar-refractivity contribution < 1.29 is 23.5 Å². The molecule has 0 bridgehead atoms. The standard InChI is InChI=1S/C12H13F2NO3S/c1-7(12(17)18)5-19-6-11(16)15-10-3-8(13)2-9(14)4-10/h2-4,7H,5-6H2,1H3,(H,15,16)(H,17,18). The molecule has 0 aliphatic carbocycles. The molecule has 0 radical (unpaired) electrons. The molecule has 1 rings (SSSR count). The molecule has 19 heavy (non-hydrogen) atoms. The van der Waals surface area contributed by atoms with E-state index in [1.807, 2.05) is 0 Å². The van der Waals surface area contributed by atoms with Gasteiger partial charge in [-0.1, -0.05) is 6.92 Å². The van der Waals surface area contributed by atoms with Crippen LogP contribution in [0.5, 0.6) is 0 Å². The Kier molecular flexibility index (Phi) is 5.75. The molecule has 7 heteroatoms. The van der Waals surface area contributed by atoms with Crippen molar-refractivity contribution in [3.05, 3.63) is 29.8 Å². The van der Waals surface area contributed by atoms with E-state index >= 15 is 0 Å². The number of hydrogen-bond acceptors (Lipinski definition) is 3. The van der Waals surface area contributed by atoms with Crippen LogP contribution in [0.3, 0.4) is 0 Å². The minimum Gasteiger partial charge on any atom is -0.481 e. The zero-order valence-corrected chi connectivity index (χ0v) is 11.0. The Bertz CT molecular complexity index is 462. The predicted octanol–water partition coefficient (Wildman–Crippen LogP) is 2.36. The van der Waals surface area contributed by atoms with Crippen LogP contribution >= 0.6 is 11.8 Å². The first-order valence-corrected chi connectivity index (χ1v) is 6.60. The van der Waals surface area contributed by atoms with Crippen molar-refractivity contribution >= 4 is 29.3 Å². The summed E-state index contributed by atoms with van der Waals surface area (Å²) in [4.78, 5) is 22.0. The highest BCUT2D eigenvalue weighted by Crippen LogP contribution is 2.14. The molecule has 0 saturated heterocycles. The van der Waals surface area contributed by atoms with Gasteiger partial charge in [0.2, 0.25) is 5.91 Å². The third-order valence-electron chi connectivity index (χ3n) is 2.17. The fraction of sp³-hybridized carbons (Fsp3) is 0.333. The molecule has 0 fully saturated rings. The van der Waals surface area contributed by atoms with Gasteiger partial charge in [0.15, 0.2) is 0 Å². The summed E-state index contributed by atoms with van der Waals surface area (Å²) in [6, 6.07) is 2.72. The molecule has 1 unspecified atom stereocenters. The van der Waals surface area contributed by atoms with Crippen LogP contribution in [-0.4, -0.2) is 28.5 Å². The fourth-order valence-electron chi connectivity index (χ4n) is 1.22. The third-order valence-corrected chi connectivity index (χ3v) is 3.37. The minimum atomic E-state index is -0.930. The average Bonchev–Trinajstić information content (AvgIpc) is 2.26. The van der Waals surface area contributed by atoms with Crippen molar-refractivity contribution in [2.24, 2.45) is 5.92 Å². The van der Waals surface area contributed by atoms with Crippen LogP contribution in [-0.2, 0) is 9.59 Å². The lowest BCUT2D eigenvalue weighted by atomic mass is 10.2. The van der Waals surface area contributed by atoms with Gasteiger partial charge in [0.05, 0.1) is 11.7 Å². The Morgan fingerprint density at radius 1 is 1.32 bits per heavy atom. The number of amides is 1. The van der Waals surface area contributed by atoms with Crippen LogP contribution in [0.15, 0.2) is 18.2 Å². The van der Waals surface area contributed by atoms with Gasteiger partial charge < -0.3 is 10.4 Å². The fourth-order valence-corrected chi connectivity index (χ4v) is 2.09. The monoisotopic (exact) mass is 289 g/mol. The van der Waals surface area contributed by atoms with E-state index in [0.29, 0.717) is 11.8 Å². The topological polar surface area (TPSA) is 66.4 Å². The highest BCUT2D eigenvalue weighted by atomic mass is 32.2. The van der Waals surface area contributed by atoms with Crippen LogP contribution in [0, 0.1) is 17.6 Å². The Morgan fingerprint density at radius 3 is 2.42 bits per heavy atom. The number of carboxylic acid groups (broad SMARTS) is 1. The Hall–Kier alpha value is -1.63. The van der Waals surface area contributed by atoms with Crippen molar-refractivity contribution in [2.45, 2.75) is 6.92 Å². The van der Waals surface area contributed by atoms with Crippen LogP contribution in [0.1, 0.15) is 6.92 Å². The summed E-state index contributed by atoms with van der Waals surface area (Å²) in [5.41, 5.74) is 0.0365. The van der Waals surface area contributed by atoms with E-state index in [1.54, 1.807) is 0 Å². The van der Waals surface area contributed by atoms with Crippen LogP contribution in [0.25, 0.3) is 0 Å². The van der Waals surface area contributed by atoms with Gasteiger partial charge in [0.1, 0.15) is 11.6 Å². The number of carboxylic acids is 1. The summed E-state index contributed by atoms with van der Waals surface area (Å²) >= 11 is 1.15. The number of nitrogens with one attached hydrogen (secondary N) is 1. The third kappa shape index (κ3) is 5.69. The summed E-state index contributed by atoms with van der Waals surface area (Å²) < 4.78 is 25.7. The van der Waals surface area contributed by atoms with E-state index in [1.165, 1.54) is 6.92 Å². The lowest BCUT2D eigenvalue weighted by molar-refractivity contribution is -0.140.